The number of hydrogen-bond donors (Lipinski definition) is 1. The summed E-state index contributed by atoms with van der Waals surface area (Å²) in [4.78, 5) is 21.2. The third-order valence-corrected chi connectivity index (χ3v) is 5.67. The highest BCUT2D eigenvalue weighted by atomic mass is 16.5. The molecule has 1 amide bonds. The monoisotopic (exact) mass is 441 g/mol. The Labute approximate surface area is 191 Å². The van der Waals surface area contributed by atoms with Crippen LogP contribution in [0.3, 0.4) is 0 Å². The van der Waals surface area contributed by atoms with Gasteiger partial charge in [0.25, 0.3) is 5.95 Å². The molecule has 8 heteroatoms. The van der Waals surface area contributed by atoms with E-state index in [1.54, 1.807) is 30.3 Å². The molecule has 4 aromatic rings. The average molecular weight is 441 g/mol. The Bertz CT molecular complexity index is 1290. The molecule has 3 heterocycles. The standard InChI is InChI=1S/C25H23N5O3/c1-16-23-19(14-22(31)28-24(23)30(29-16)25-26-11-6-12-27-25)18-9-10-20(21(13-18)32-2)33-15-17-7-4-3-5-8-17/h3-13,19H,14-15H2,1-2H3,(H,28,31)/t19-/m0/s1. The Morgan fingerprint density at radius 2 is 1.85 bits per heavy atom. The molecule has 0 saturated heterocycles. The molecule has 2 aromatic carbocycles. The second-order valence-electron chi connectivity index (χ2n) is 7.80. The maximum Gasteiger partial charge on any atom is 0.252 e. The van der Waals surface area contributed by atoms with E-state index in [0.29, 0.717) is 36.3 Å². The summed E-state index contributed by atoms with van der Waals surface area (Å²) in [5.41, 5.74) is 3.78. The summed E-state index contributed by atoms with van der Waals surface area (Å²) < 4.78 is 13.2. The van der Waals surface area contributed by atoms with Gasteiger partial charge in [-0.2, -0.15) is 9.78 Å². The lowest BCUT2D eigenvalue weighted by atomic mass is 9.85. The molecule has 1 atom stereocenters. The molecule has 0 saturated carbocycles. The number of benzene rings is 2. The van der Waals surface area contributed by atoms with Crippen LogP contribution in [0.25, 0.3) is 5.95 Å². The fraction of sp³-hybridized carbons (Fsp3) is 0.200. The highest BCUT2D eigenvalue weighted by Gasteiger charge is 2.33. The zero-order chi connectivity index (χ0) is 22.8. The zero-order valence-corrected chi connectivity index (χ0v) is 18.4. The van der Waals surface area contributed by atoms with Crippen molar-refractivity contribution < 1.29 is 14.3 Å². The molecule has 5 rings (SSSR count). The van der Waals surface area contributed by atoms with E-state index in [1.165, 1.54) is 0 Å². The van der Waals surface area contributed by atoms with Crippen LogP contribution in [0.1, 0.15) is 34.7 Å². The van der Waals surface area contributed by atoms with Crippen LogP contribution in [0.15, 0.2) is 67.0 Å². The van der Waals surface area contributed by atoms with Gasteiger partial charge in [0, 0.05) is 30.3 Å². The van der Waals surface area contributed by atoms with Crippen LogP contribution in [0.4, 0.5) is 5.82 Å². The molecule has 0 bridgehead atoms. The lowest BCUT2D eigenvalue weighted by molar-refractivity contribution is -0.116. The first kappa shape index (κ1) is 20.7. The Morgan fingerprint density at radius 1 is 1.06 bits per heavy atom. The maximum absolute atomic E-state index is 12.6. The van der Waals surface area contributed by atoms with E-state index >= 15 is 0 Å². The molecule has 1 aliphatic heterocycles. The number of nitrogens with zero attached hydrogens (tertiary/aromatic N) is 4. The molecule has 33 heavy (non-hydrogen) atoms. The number of anilines is 1. The molecule has 166 valence electrons. The quantitative estimate of drug-likeness (QED) is 0.486. The lowest BCUT2D eigenvalue weighted by Gasteiger charge is -2.25. The first-order valence-electron chi connectivity index (χ1n) is 10.7. The number of ether oxygens (including phenoxy) is 2. The van der Waals surface area contributed by atoms with Gasteiger partial charge in [0.2, 0.25) is 5.91 Å². The van der Waals surface area contributed by atoms with Crippen LogP contribution in [0.5, 0.6) is 11.5 Å². The van der Waals surface area contributed by atoms with Gasteiger partial charge in [-0.05, 0) is 36.2 Å². The van der Waals surface area contributed by atoms with Crippen LogP contribution in [0.2, 0.25) is 0 Å². The Balaban J connectivity index is 1.49. The zero-order valence-electron chi connectivity index (χ0n) is 18.4. The van der Waals surface area contributed by atoms with Gasteiger partial charge in [0.15, 0.2) is 11.5 Å². The Hall–Kier alpha value is -4.20. The van der Waals surface area contributed by atoms with Crippen LogP contribution in [-0.4, -0.2) is 32.8 Å². The molecule has 1 aliphatic rings. The van der Waals surface area contributed by atoms with Crippen molar-refractivity contribution in [2.45, 2.75) is 25.9 Å². The molecule has 0 radical (unpaired) electrons. The number of aryl methyl sites for hydroxylation is 1. The van der Waals surface area contributed by atoms with Crippen LogP contribution in [-0.2, 0) is 11.4 Å². The van der Waals surface area contributed by atoms with Gasteiger partial charge in [-0.3, -0.25) is 4.79 Å². The predicted octanol–water partition coefficient (Wildman–Crippen LogP) is 4.03. The van der Waals surface area contributed by atoms with Crippen LogP contribution < -0.4 is 14.8 Å². The topological polar surface area (TPSA) is 91.2 Å². The Kier molecular flexibility index (Phi) is 5.48. The first-order chi connectivity index (χ1) is 16.1. The van der Waals surface area contributed by atoms with E-state index in [1.807, 2.05) is 55.5 Å². The minimum absolute atomic E-state index is 0.0899. The van der Waals surface area contributed by atoms with Gasteiger partial charge in [0.1, 0.15) is 12.4 Å². The highest BCUT2D eigenvalue weighted by molar-refractivity contribution is 5.95. The third kappa shape index (κ3) is 4.03. The van der Waals surface area contributed by atoms with E-state index in [-0.39, 0.29) is 11.8 Å². The number of carbonyl (C=O) groups is 1. The SMILES string of the molecule is COc1cc([C@@H]2CC(=O)Nc3c2c(C)nn3-c2ncccn2)ccc1OCc1ccccc1. The third-order valence-electron chi connectivity index (χ3n) is 5.67. The number of rotatable bonds is 6. The molecule has 0 aliphatic carbocycles. The Morgan fingerprint density at radius 3 is 2.61 bits per heavy atom. The number of methoxy groups -OCH3 is 1. The van der Waals surface area contributed by atoms with Crippen molar-refractivity contribution in [1.29, 1.82) is 0 Å². The van der Waals surface area contributed by atoms with Gasteiger partial charge < -0.3 is 14.8 Å². The summed E-state index contributed by atoms with van der Waals surface area (Å²) in [7, 11) is 1.61. The number of aromatic nitrogens is 4. The summed E-state index contributed by atoms with van der Waals surface area (Å²) in [6, 6.07) is 17.5. The molecule has 0 unspecified atom stereocenters. The van der Waals surface area contributed by atoms with Crippen molar-refractivity contribution in [2.24, 2.45) is 0 Å². The van der Waals surface area contributed by atoms with E-state index in [9.17, 15) is 4.79 Å². The fourth-order valence-electron chi connectivity index (χ4n) is 4.13. The molecule has 0 fully saturated rings. The average Bonchev–Trinajstić information content (AvgIpc) is 3.19. The molecular formula is C25H23N5O3. The van der Waals surface area contributed by atoms with Gasteiger partial charge in [-0.25, -0.2) is 9.97 Å². The maximum atomic E-state index is 12.6. The number of nitrogens with one attached hydrogen (secondary N) is 1. The van der Waals surface area contributed by atoms with Crippen LogP contribution >= 0.6 is 0 Å². The normalized spacial score (nSPS) is 15.0. The van der Waals surface area contributed by atoms with E-state index in [0.717, 1.165) is 22.4 Å². The number of fused-ring (bicyclic) bond motifs is 1. The molecule has 2 aromatic heterocycles. The van der Waals surface area contributed by atoms with Gasteiger partial charge in [0.05, 0.1) is 12.8 Å². The van der Waals surface area contributed by atoms with Gasteiger partial charge >= 0.3 is 0 Å². The molecule has 0 spiro atoms. The number of hydrogen-bond acceptors (Lipinski definition) is 6. The highest BCUT2D eigenvalue weighted by Crippen LogP contribution is 2.42. The number of carbonyl (C=O) groups excluding carboxylic acids is 1. The van der Waals surface area contributed by atoms with Crippen molar-refractivity contribution in [3.8, 4) is 17.4 Å². The predicted molar refractivity (Wildman–Crippen MR) is 123 cm³/mol. The van der Waals surface area contributed by atoms with Crippen molar-refractivity contribution in [3.63, 3.8) is 0 Å². The second-order valence-corrected chi connectivity index (χ2v) is 7.80. The smallest absolute Gasteiger partial charge is 0.252 e. The van der Waals surface area contributed by atoms with Gasteiger partial charge in [-0.1, -0.05) is 36.4 Å². The molecule has 8 nitrogen and oxygen atoms in total. The summed E-state index contributed by atoms with van der Waals surface area (Å²) in [6.07, 6.45) is 3.60. The molecule has 1 N–H and O–H groups in total. The van der Waals surface area contributed by atoms with E-state index in [2.05, 4.69) is 20.4 Å². The van der Waals surface area contributed by atoms with E-state index < -0.39 is 0 Å². The van der Waals surface area contributed by atoms with Crippen molar-refractivity contribution in [3.05, 3.63) is 89.4 Å². The van der Waals surface area contributed by atoms with Gasteiger partial charge in [-0.15, -0.1) is 0 Å². The van der Waals surface area contributed by atoms with E-state index in [4.69, 9.17) is 9.47 Å². The van der Waals surface area contributed by atoms with Crippen molar-refractivity contribution in [1.82, 2.24) is 19.7 Å². The first-order valence-corrected chi connectivity index (χ1v) is 10.7. The number of amides is 1. The van der Waals surface area contributed by atoms with Crippen molar-refractivity contribution >= 4 is 11.7 Å². The largest absolute Gasteiger partial charge is 0.493 e. The summed E-state index contributed by atoms with van der Waals surface area (Å²) in [6.45, 7) is 2.37. The summed E-state index contributed by atoms with van der Waals surface area (Å²) in [5.74, 6) is 2.01. The summed E-state index contributed by atoms with van der Waals surface area (Å²) in [5, 5.41) is 7.57. The minimum atomic E-state index is -0.178. The second kappa shape index (κ2) is 8.74. The van der Waals surface area contributed by atoms with Crippen molar-refractivity contribution in [2.75, 3.05) is 12.4 Å². The summed E-state index contributed by atoms with van der Waals surface area (Å²) >= 11 is 0. The fourth-order valence-corrected chi connectivity index (χ4v) is 4.13. The molecular weight excluding hydrogens is 418 g/mol. The lowest BCUT2D eigenvalue weighted by Crippen LogP contribution is -2.25. The minimum Gasteiger partial charge on any atom is -0.493 e. The van der Waals surface area contributed by atoms with Crippen LogP contribution in [0, 0.1) is 6.92 Å².